The number of aromatic nitrogens is 5. The molecule has 0 radical (unpaired) electrons. The number of fused-ring (bicyclic) bond motifs is 1. The van der Waals surface area contributed by atoms with Crippen LogP contribution in [0.15, 0.2) is 58.4 Å². The van der Waals surface area contributed by atoms with Gasteiger partial charge < -0.3 is 4.74 Å². The fourth-order valence-corrected chi connectivity index (χ4v) is 4.58. The van der Waals surface area contributed by atoms with Gasteiger partial charge in [-0.1, -0.05) is 35.5 Å². The summed E-state index contributed by atoms with van der Waals surface area (Å²) >= 11 is 9.10. The van der Waals surface area contributed by atoms with E-state index in [-0.39, 0.29) is 12.2 Å². The van der Waals surface area contributed by atoms with Gasteiger partial charge in [0, 0.05) is 29.9 Å². The second-order valence-electron chi connectivity index (χ2n) is 6.45. The lowest BCUT2D eigenvalue weighted by Crippen LogP contribution is -2.12. The van der Waals surface area contributed by atoms with E-state index in [0.717, 1.165) is 5.56 Å². The second-order valence-corrected chi connectivity index (χ2v) is 8.67. The van der Waals surface area contributed by atoms with Crippen molar-refractivity contribution in [3.8, 4) is 5.75 Å². The first-order valence-electron chi connectivity index (χ1n) is 9.05. The molecule has 0 aliphatic carbocycles. The Hall–Kier alpha value is -2.62. The van der Waals surface area contributed by atoms with Crippen molar-refractivity contribution >= 4 is 39.7 Å². The van der Waals surface area contributed by atoms with E-state index in [9.17, 15) is 4.79 Å². The number of hydrogen-bond donors (Lipinski definition) is 0. The van der Waals surface area contributed by atoms with E-state index in [0.29, 0.717) is 44.7 Å². The van der Waals surface area contributed by atoms with Crippen molar-refractivity contribution in [2.24, 2.45) is 0 Å². The van der Waals surface area contributed by atoms with Crippen LogP contribution < -0.4 is 10.3 Å². The zero-order valence-corrected chi connectivity index (χ0v) is 18.5. The first-order chi connectivity index (χ1) is 14.5. The van der Waals surface area contributed by atoms with Gasteiger partial charge in [0.05, 0.1) is 10.7 Å². The van der Waals surface area contributed by atoms with Gasteiger partial charge in [-0.15, -0.1) is 28.1 Å². The summed E-state index contributed by atoms with van der Waals surface area (Å²) in [5.74, 6) is 1.77. The molecule has 0 aliphatic heterocycles. The fourth-order valence-electron chi connectivity index (χ4n) is 2.81. The van der Waals surface area contributed by atoms with Gasteiger partial charge in [-0.25, -0.2) is 4.98 Å². The number of nitrogens with zero attached hydrogens (tertiary/aromatic N) is 5. The Morgan fingerprint density at radius 2 is 2.20 bits per heavy atom. The lowest BCUT2D eigenvalue weighted by Gasteiger charge is -2.10. The number of ether oxygens (including phenoxy) is 1. The molecule has 7 nitrogen and oxygen atoms in total. The van der Waals surface area contributed by atoms with Gasteiger partial charge in [-0.3, -0.25) is 13.8 Å². The molecule has 10 heteroatoms. The number of aryl methyl sites for hydroxylation is 1. The summed E-state index contributed by atoms with van der Waals surface area (Å²) in [7, 11) is 0. The third-order valence-electron chi connectivity index (χ3n) is 4.25. The van der Waals surface area contributed by atoms with E-state index in [1.54, 1.807) is 18.3 Å². The summed E-state index contributed by atoms with van der Waals surface area (Å²) in [6.07, 6.45) is 3.50. The SMILES string of the molecule is C=CCn1c(COc2cc(C)ccc2Cl)nnc1SCc1cc(=O)n2ccsc2n1. The van der Waals surface area contributed by atoms with Gasteiger partial charge in [-0.2, -0.15) is 0 Å². The number of allylic oxidation sites excluding steroid dienone is 1. The molecule has 0 N–H and O–H groups in total. The van der Waals surface area contributed by atoms with Crippen molar-refractivity contribution < 1.29 is 4.74 Å². The highest BCUT2D eigenvalue weighted by Gasteiger charge is 2.14. The molecular formula is C20H18ClN5O2S2. The Morgan fingerprint density at radius 3 is 3.03 bits per heavy atom. The number of thiazole rings is 1. The van der Waals surface area contributed by atoms with Gasteiger partial charge in [0.15, 0.2) is 15.9 Å². The van der Waals surface area contributed by atoms with Crippen LogP contribution in [0.5, 0.6) is 5.75 Å². The first kappa shape index (κ1) is 20.6. The van der Waals surface area contributed by atoms with Crippen LogP contribution in [-0.2, 0) is 18.9 Å². The molecule has 3 heterocycles. The molecular weight excluding hydrogens is 442 g/mol. The molecule has 0 aliphatic rings. The van der Waals surface area contributed by atoms with Crippen molar-refractivity contribution in [1.29, 1.82) is 0 Å². The first-order valence-corrected chi connectivity index (χ1v) is 11.3. The molecule has 3 aromatic heterocycles. The summed E-state index contributed by atoms with van der Waals surface area (Å²) in [5, 5.41) is 11.6. The Kier molecular flexibility index (Phi) is 6.21. The normalized spacial score (nSPS) is 11.1. The number of hydrogen-bond acceptors (Lipinski definition) is 7. The second kappa shape index (κ2) is 9.03. The van der Waals surface area contributed by atoms with Crippen LogP contribution in [-0.4, -0.2) is 24.1 Å². The van der Waals surface area contributed by atoms with E-state index in [4.69, 9.17) is 16.3 Å². The van der Waals surface area contributed by atoms with Crippen molar-refractivity contribution in [1.82, 2.24) is 24.1 Å². The van der Waals surface area contributed by atoms with Crippen molar-refractivity contribution in [2.75, 3.05) is 0 Å². The zero-order chi connectivity index (χ0) is 21.1. The highest BCUT2D eigenvalue weighted by molar-refractivity contribution is 7.98. The molecule has 0 bridgehead atoms. The molecule has 0 saturated carbocycles. The highest BCUT2D eigenvalue weighted by atomic mass is 35.5. The molecule has 0 unspecified atom stereocenters. The minimum atomic E-state index is -0.0893. The monoisotopic (exact) mass is 459 g/mol. The fraction of sp³-hybridized carbons (Fsp3) is 0.200. The Morgan fingerprint density at radius 1 is 1.33 bits per heavy atom. The number of halogens is 1. The van der Waals surface area contributed by atoms with Gasteiger partial charge in [0.1, 0.15) is 12.4 Å². The summed E-state index contributed by atoms with van der Waals surface area (Å²) in [6, 6.07) is 7.17. The Bertz CT molecular complexity index is 1260. The number of thioether (sulfide) groups is 1. The third kappa shape index (κ3) is 4.43. The molecule has 30 heavy (non-hydrogen) atoms. The molecule has 0 amide bonds. The van der Waals surface area contributed by atoms with Crippen molar-refractivity contribution in [3.05, 3.63) is 81.0 Å². The van der Waals surface area contributed by atoms with Crippen LogP contribution in [0.3, 0.4) is 0 Å². The van der Waals surface area contributed by atoms with Crippen molar-refractivity contribution in [3.63, 3.8) is 0 Å². The van der Waals surface area contributed by atoms with E-state index < -0.39 is 0 Å². The standard InChI is InChI=1S/C20H18ClN5O2S2/c1-3-6-25-17(11-28-16-9-13(2)4-5-15(16)21)23-24-20(25)30-12-14-10-18(27)26-7-8-29-19(26)22-14/h3-5,7-10H,1,6,11-12H2,2H3. The quantitative estimate of drug-likeness (QED) is 0.288. The van der Waals surface area contributed by atoms with E-state index in [1.807, 2.05) is 35.1 Å². The maximum absolute atomic E-state index is 12.2. The van der Waals surface area contributed by atoms with Gasteiger partial charge >= 0.3 is 0 Å². The summed E-state index contributed by atoms with van der Waals surface area (Å²) in [5.41, 5.74) is 1.67. The largest absolute Gasteiger partial charge is 0.484 e. The predicted octanol–water partition coefficient (Wildman–Crippen LogP) is 4.37. The third-order valence-corrected chi connectivity index (χ3v) is 6.32. The van der Waals surface area contributed by atoms with Crippen LogP contribution in [0.25, 0.3) is 4.96 Å². The van der Waals surface area contributed by atoms with E-state index in [2.05, 4.69) is 21.8 Å². The lowest BCUT2D eigenvalue weighted by atomic mass is 10.2. The average molecular weight is 460 g/mol. The molecule has 0 atom stereocenters. The van der Waals surface area contributed by atoms with Crippen LogP contribution in [0.4, 0.5) is 0 Å². The molecule has 1 aromatic carbocycles. The molecule has 0 saturated heterocycles. The molecule has 0 fully saturated rings. The average Bonchev–Trinajstić information content (AvgIpc) is 3.35. The number of benzene rings is 1. The minimum Gasteiger partial charge on any atom is -0.484 e. The smallest absolute Gasteiger partial charge is 0.258 e. The Labute approximate surface area is 186 Å². The minimum absolute atomic E-state index is 0.0893. The van der Waals surface area contributed by atoms with E-state index in [1.165, 1.54) is 27.5 Å². The zero-order valence-electron chi connectivity index (χ0n) is 16.1. The molecule has 0 spiro atoms. The molecule has 4 aromatic rings. The van der Waals surface area contributed by atoms with E-state index >= 15 is 0 Å². The van der Waals surface area contributed by atoms with Crippen LogP contribution >= 0.6 is 34.7 Å². The summed E-state index contributed by atoms with van der Waals surface area (Å²) in [6.45, 7) is 6.56. The lowest BCUT2D eigenvalue weighted by molar-refractivity contribution is 0.289. The van der Waals surface area contributed by atoms with Crippen LogP contribution in [0.2, 0.25) is 5.02 Å². The van der Waals surface area contributed by atoms with Gasteiger partial charge in [0.2, 0.25) is 0 Å². The topological polar surface area (TPSA) is 74.3 Å². The van der Waals surface area contributed by atoms with Crippen LogP contribution in [0, 0.1) is 6.92 Å². The maximum atomic E-state index is 12.2. The predicted molar refractivity (Wildman–Crippen MR) is 120 cm³/mol. The van der Waals surface area contributed by atoms with Crippen LogP contribution in [0.1, 0.15) is 17.1 Å². The summed E-state index contributed by atoms with van der Waals surface area (Å²) in [4.78, 5) is 17.4. The number of rotatable bonds is 8. The highest BCUT2D eigenvalue weighted by Crippen LogP contribution is 2.27. The van der Waals surface area contributed by atoms with Crippen molar-refractivity contribution in [2.45, 2.75) is 31.0 Å². The van der Waals surface area contributed by atoms with Gasteiger partial charge in [-0.05, 0) is 24.6 Å². The van der Waals surface area contributed by atoms with Gasteiger partial charge in [0.25, 0.3) is 5.56 Å². The maximum Gasteiger partial charge on any atom is 0.258 e. The molecule has 4 rings (SSSR count). The summed E-state index contributed by atoms with van der Waals surface area (Å²) < 4.78 is 9.33. The Balaban J connectivity index is 1.50. The molecule has 154 valence electrons.